The maximum atomic E-state index is 13.2. The number of benzene rings is 2. The molecular formula is C24H30FN3O. The highest BCUT2D eigenvalue weighted by atomic mass is 19.1. The second-order valence-electron chi connectivity index (χ2n) is 8.37. The van der Waals surface area contributed by atoms with Crippen LogP contribution in [0.5, 0.6) is 0 Å². The molecule has 0 radical (unpaired) electrons. The maximum Gasteiger partial charge on any atom is 0.254 e. The molecule has 29 heavy (non-hydrogen) atoms. The fourth-order valence-corrected chi connectivity index (χ4v) is 4.66. The lowest BCUT2D eigenvalue weighted by molar-refractivity contribution is 0.0563. The summed E-state index contributed by atoms with van der Waals surface area (Å²) in [4.78, 5) is 20.0. The Morgan fingerprint density at radius 3 is 2.38 bits per heavy atom. The normalized spacial score (nSPS) is 20.7. The Morgan fingerprint density at radius 2 is 1.69 bits per heavy atom. The van der Waals surface area contributed by atoms with Gasteiger partial charge in [0, 0.05) is 56.6 Å². The van der Waals surface area contributed by atoms with E-state index in [1.165, 1.54) is 17.7 Å². The van der Waals surface area contributed by atoms with Crippen molar-refractivity contribution in [1.29, 1.82) is 0 Å². The zero-order valence-electron chi connectivity index (χ0n) is 17.4. The zero-order valence-corrected chi connectivity index (χ0v) is 17.4. The average molecular weight is 396 g/mol. The second kappa shape index (κ2) is 8.54. The van der Waals surface area contributed by atoms with Crippen LogP contribution in [0.15, 0.2) is 42.5 Å². The van der Waals surface area contributed by atoms with E-state index in [9.17, 15) is 9.18 Å². The van der Waals surface area contributed by atoms with Gasteiger partial charge in [-0.15, -0.1) is 0 Å². The van der Waals surface area contributed by atoms with Gasteiger partial charge in [-0.3, -0.25) is 9.69 Å². The molecule has 0 spiro atoms. The molecule has 154 valence electrons. The number of carbonyl (C=O) groups excluding carboxylic acids is 1. The third-order valence-corrected chi connectivity index (χ3v) is 6.32. The molecule has 2 heterocycles. The smallest absolute Gasteiger partial charge is 0.254 e. The zero-order chi connectivity index (χ0) is 20.4. The van der Waals surface area contributed by atoms with Crippen LogP contribution in [0.25, 0.3) is 0 Å². The third kappa shape index (κ3) is 4.45. The molecule has 0 bridgehead atoms. The van der Waals surface area contributed by atoms with E-state index in [1.54, 1.807) is 0 Å². The quantitative estimate of drug-likeness (QED) is 0.789. The van der Waals surface area contributed by atoms with Gasteiger partial charge >= 0.3 is 0 Å². The maximum absolute atomic E-state index is 13.2. The van der Waals surface area contributed by atoms with E-state index in [1.807, 2.05) is 36.1 Å². The molecule has 2 aliphatic heterocycles. The van der Waals surface area contributed by atoms with Crippen molar-refractivity contribution >= 4 is 11.6 Å². The average Bonchev–Trinajstić information content (AvgIpc) is 2.74. The molecule has 0 N–H and O–H groups in total. The summed E-state index contributed by atoms with van der Waals surface area (Å²) in [6, 6.07) is 13.3. The van der Waals surface area contributed by atoms with E-state index in [2.05, 4.69) is 22.8 Å². The minimum atomic E-state index is -0.192. The van der Waals surface area contributed by atoms with Crippen molar-refractivity contribution in [3.05, 3.63) is 65.0 Å². The Bertz CT molecular complexity index is 859. The predicted molar refractivity (Wildman–Crippen MR) is 115 cm³/mol. The Morgan fingerprint density at radius 1 is 0.966 bits per heavy atom. The molecule has 5 heteroatoms. The highest BCUT2D eigenvalue weighted by Gasteiger charge is 2.30. The van der Waals surface area contributed by atoms with Crippen LogP contribution in [-0.4, -0.2) is 61.0 Å². The number of carbonyl (C=O) groups is 1. The molecule has 2 aromatic rings. The second-order valence-corrected chi connectivity index (χ2v) is 8.37. The van der Waals surface area contributed by atoms with Gasteiger partial charge in [0.2, 0.25) is 0 Å². The van der Waals surface area contributed by atoms with Crippen LogP contribution in [-0.2, 0) is 0 Å². The van der Waals surface area contributed by atoms with Gasteiger partial charge in [-0.05, 0) is 62.6 Å². The minimum Gasteiger partial charge on any atom is -0.369 e. The standard InChI is InChI=1S/C24H30FN3O/c1-18-5-10-23(19(2)16-18)24(29)28-11-3-4-22(17-28)27-14-12-26(13-15-27)21-8-6-20(25)7-9-21/h5-10,16,22H,3-4,11-15,17H2,1-2H3. The van der Waals surface area contributed by atoms with Crippen LogP contribution in [0.1, 0.15) is 34.3 Å². The fourth-order valence-electron chi connectivity index (χ4n) is 4.66. The van der Waals surface area contributed by atoms with Crippen LogP contribution in [0.2, 0.25) is 0 Å². The predicted octanol–water partition coefficient (Wildman–Crippen LogP) is 3.87. The summed E-state index contributed by atoms with van der Waals surface area (Å²) in [6.45, 7) is 9.57. The van der Waals surface area contributed by atoms with Gasteiger partial charge in [0.05, 0.1) is 0 Å². The largest absolute Gasteiger partial charge is 0.369 e. The molecule has 0 saturated carbocycles. The SMILES string of the molecule is Cc1ccc(C(=O)N2CCCC(N3CCN(c4ccc(F)cc4)CC3)C2)c(C)c1. The summed E-state index contributed by atoms with van der Waals surface area (Å²) in [6.07, 6.45) is 2.20. The summed E-state index contributed by atoms with van der Waals surface area (Å²) in [5, 5.41) is 0. The van der Waals surface area contributed by atoms with E-state index in [-0.39, 0.29) is 11.7 Å². The van der Waals surface area contributed by atoms with E-state index in [0.29, 0.717) is 6.04 Å². The van der Waals surface area contributed by atoms with Crippen molar-refractivity contribution in [2.45, 2.75) is 32.7 Å². The first-order chi connectivity index (χ1) is 14.0. The Kier molecular flexibility index (Phi) is 5.86. The molecular weight excluding hydrogens is 365 g/mol. The number of piperazine rings is 1. The van der Waals surface area contributed by atoms with Gasteiger partial charge < -0.3 is 9.80 Å². The fraction of sp³-hybridized carbons (Fsp3) is 0.458. The molecule has 2 aromatic carbocycles. The van der Waals surface area contributed by atoms with Gasteiger partial charge in [0.25, 0.3) is 5.91 Å². The number of hydrogen-bond donors (Lipinski definition) is 0. The van der Waals surface area contributed by atoms with Crippen molar-refractivity contribution < 1.29 is 9.18 Å². The molecule has 2 fully saturated rings. The van der Waals surface area contributed by atoms with Crippen LogP contribution in [0, 0.1) is 19.7 Å². The number of aryl methyl sites for hydroxylation is 2. The van der Waals surface area contributed by atoms with Crippen LogP contribution >= 0.6 is 0 Å². The molecule has 4 rings (SSSR count). The number of rotatable bonds is 3. The van der Waals surface area contributed by atoms with E-state index in [0.717, 1.165) is 68.9 Å². The molecule has 0 aromatic heterocycles. The van der Waals surface area contributed by atoms with Crippen LogP contribution in [0.4, 0.5) is 10.1 Å². The first-order valence-electron chi connectivity index (χ1n) is 10.6. The van der Waals surface area contributed by atoms with Gasteiger partial charge in [-0.2, -0.15) is 0 Å². The van der Waals surface area contributed by atoms with Crippen molar-refractivity contribution in [3.63, 3.8) is 0 Å². The summed E-state index contributed by atoms with van der Waals surface area (Å²) in [7, 11) is 0. The Labute approximate surface area is 172 Å². The van der Waals surface area contributed by atoms with Gasteiger partial charge in [-0.25, -0.2) is 4.39 Å². The van der Waals surface area contributed by atoms with Gasteiger partial charge in [0.15, 0.2) is 0 Å². The van der Waals surface area contributed by atoms with Gasteiger partial charge in [0.1, 0.15) is 5.82 Å². The van der Waals surface area contributed by atoms with Crippen molar-refractivity contribution in [1.82, 2.24) is 9.80 Å². The summed E-state index contributed by atoms with van der Waals surface area (Å²) in [5.74, 6) is -0.0275. The van der Waals surface area contributed by atoms with Crippen molar-refractivity contribution in [3.8, 4) is 0 Å². The number of hydrogen-bond acceptors (Lipinski definition) is 3. The first kappa shape index (κ1) is 19.9. The lowest BCUT2D eigenvalue weighted by Gasteiger charge is -2.44. The Balaban J connectivity index is 1.36. The van der Waals surface area contributed by atoms with Crippen LogP contribution in [0.3, 0.4) is 0 Å². The first-order valence-corrected chi connectivity index (χ1v) is 10.6. The highest BCUT2D eigenvalue weighted by Crippen LogP contribution is 2.23. The van der Waals surface area contributed by atoms with E-state index in [4.69, 9.17) is 0 Å². The molecule has 0 aliphatic carbocycles. The number of piperidine rings is 1. The van der Waals surface area contributed by atoms with Crippen molar-refractivity contribution in [2.24, 2.45) is 0 Å². The molecule has 1 atom stereocenters. The summed E-state index contributed by atoms with van der Waals surface area (Å²) in [5.41, 5.74) is 4.17. The Hall–Kier alpha value is -2.40. The van der Waals surface area contributed by atoms with E-state index >= 15 is 0 Å². The summed E-state index contributed by atoms with van der Waals surface area (Å²) >= 11 is 0. The number of anilines is 1. The number of likely N-dealkylation sites (tertiary alicyclic amines) is 1. The van der Waals surface area contributed by atoms with E-state index < -0.39 is 0 Å². The molecule has 1 unspecified atom stereocenters. The van der Waals surface area contributed by atoms with Crippen LogP contribution < -0.4 is 4.90 Å². The number of halogens is 1. The minimum absolute atomic E-state index is 0.164. The highest BCUT2D eigenvalue weighted by molar-refractivity contribution is 5.95. The third-order valence-electron chi connectivity index (χ3n) is 6.32. The summed E-state index contributed by atoms with van der Waals surface area (Å²) < 4.78 is 13.2. The number of nitrogens with zero attached hydrogens (tertiary/aromatic N) is 3. The lowest BCUT2D eigenvalue weighted by atomic mass is 10.00. The topological polar surface area (TPSA) is 26.8 Å². The molecule has 2 aliphatic rings. The monoisotopic (exact) mass is 395 g/mol. The molecule has 1 amide bonds. The molecule has 4 nitrogen and oxygen atoms in total. The lowest BCUT2D eigenvalue weighted by Crippen LogP contribution is -2.56. The van der Waals surface area contributed by atoms with Crippen molar-refractivity contribution in [2.75, 3.05) is 44.2 Å². The molecule has 2 saturated heterocycles. The number of amides is 1. The van der Waals surface area contributed by atoms with Gasteiger partial charge in [-0.1, -0.05) is 17.7 Å².